The Balaban J connectivity index is 2.42. The standard InChI is InChI=1S/C13H10FNO4/c14-10-4-2-1-3-9(10)5-8-6-11(15(18)19)13(17)12(16)7-8/h1-4,6-7,16-17H,5H2. The summed E-state index contributed by atoms with van der Waals surface area (Å²) < 4.78 is 13.5. The predicted molar refractivity (Wildman–Crippen MR) is 65.6 cm³/mol. The highest BCUT2D eigenvalue weighted by Gasteiger charge is 2.19. The highest BCUT2D eigenvalue weighted by atomic mass is 19.1. The van der Waals surface area contributed by atoms with Gasteiger partial charge in [0.25, 0.3) is 0 Å². The fourth-order valence-electron chi connectivity index (χ4n) is 1.76. The Morgan fingerprint density at radius 2 is 1.89 bits per heavy atom. The molecule has 0 radical (unpaired) electrons. The van der Waals surface area contributed by atoms with E-state index in [1.165, 1.54) is 18.2 Å². The van der Waals surface area contributed by atoms with E-state index in [1.807, 2.05) is 0 Å². The number of phenols is 2. The summed E-state index contributed by atoms with van der Waals surface area (Å²) in [4.78, 5) is 9.90. The number of nitro groups is 1. The van der Waals surface area contributed by atoms with Crippen molar-refractivity contribution >= 4 is 5.69 Å². The molecule has 0 fully saturated rings. The van der Waals surface area contributed by atoms with Crippen molar-refractivity contribution in [1.82, 2.24) is 0 Å². The van der Waals surface area contributed by atoms with E-state index in [9.17, 15) is 24.7 Å². The van der Waals surface area contributed by atoms with Crippen LogP contribution < -0.4 is 0 Å². The predicted octanol–water partition coefficient (Wildman–Crippen LogP) is 2.74. The second kappa shape index (κ2) is 4.93. The number of rotatable bonds is 3. The van der Waals surface area contributed by atoms with Gasteiger partial charge in [-0.25, -0.2) is 4.39 Å². The smallest absolute Gasteiger partial charge is 0.314 e. The van der Waals surface area contributed by atoms with Gasteiger partial charge in [0.2, 0.25) is 5.75 Å². The molecule has 0 saturated carbocycles. The first-order valence-electron chi connectivity index (χ1n) is 5.41. The summed E-state index contributed by atoms with van der Waals surface area (Å²) in [5.74, 6) is -1.82. The molecular weight excluding hydrogens is 253 g/mol. The highest BCUT2D eigenvalue weighted by molar-refractivity contribution is 5.57. The van der Waals surface area contributed by atoms with Crippen LogP contribution in [0.25, 0.3) is 0 Å². The summed E-state index contributed by atoms with van der Waals surface area (Å²) in [6, 6.07) is 8.30. The summed E-state index contributed by atoms with van der Waals surface area (Å²) in [5, 5.41) is 29.5. The van der Waals surface area contributed by atoms with Crippen LogP contribution in [0.2, 0.25) is 0 Å². The van der Waals surface area contributed by atoms with Gasteiger partial charge in [0.15, 0.2) is 5.75 Å². The zero-order chi connectivity index (χ0) is 14.0. The van der Waals surface area contributed by atoms with Gasteiger partial charge in [-0.05, 0) is 23.3 Å². The summed E-state index contributed by atoms with van der Waals surface area (Å²) in [6.07, 6.45) is 0.0847. The van der Waals surface area contributed by atoms with Crippen molar-refractivity contribution in [2.75, 3.05) is 0 Å². The molecule has 0 bridgehead atoms. The molecule has 19 heavy (non-hydrogen) atoms. The monoisotopic (exact) mass is 263 g/mol. The number of hydrogen-bond acceptors (Lipinski definition) is 4. The molecule has 0 unspecified atom stereocenters. The van der Waals surface area contributed by atoms with E-state index < -0.39 is 27.9 Å². The van der Waals surface area contributed by atoms with Crippen LogP contribution in [0.4, 0.5) is 10.1 Å². The molecule has 0 amide bonds. The fraction of sp³-hybridized carbons (Fsp3) is 0.0769. The topological polar surface area (TPSA) is 83.6 Å². The maximum absolute atomic E-state index is 13.5. The minimum absolute atomic E-state index is 0.0847. The number of nitrogens with zero attached hydrogens (tertiary/aromatic N) is 1. The van der Waals surface area contributed by atoms with E-state index >= 15 is 0 Å². The molecular formula is C13H10FNO4. The minimum Gasteiger partial charge on any atom is -0.504 e. The Morgan fingerprint density at radius 1 is 1.21 bits per heavy atom. The maximum Gasteiger partial charge on any atom is 0.314 e. The number of benzene rings is 2. The van der Waals surface area contributed by atoms with E-state index in [0.717, 1.165) is 6.07 Å². The molecule has 2 aromatic rings. The average Bonchev–Trinajstić information content (AvgIpc) is 2.36. The molecule has 2 N–H and O–H groups in total. The Bertz CT molecular complexity index is 643. The second-order valence-corrected chi connectivity index (χ2v) is 4.01. The lowest BCUT2D eigenvalue weighted by Gasteiger charge is -2.06. The van der Waals surface area contributed by atoms with Crippen molar-refractivity contribution < 1.29 is 19.5 Å². The van der Waals surface area contributed by atoms with Crippen molar-refractivity contribution in [2.45, 2.75) is 6.42 Å². The van der Waals surface area contributed by atoms with Gasteiger partial charge in [0, 0.05) is 12.5 Å². The van der Waals surface area contributed by atoms with Crippen LogP contribution in [0.15, 0.2) is 36.4 Å². The number of nitro benzene ring substituents is 1. The van der Waals surface area contributed by atoms with Crippen LogP contribution in [0.3, 0.4) is 0 Å². The Kier molecular flexibility index (Phi) is 3.33. The third kappa shape index (κ3) is 2.62. The summed E-state index contributed by atoms with van der Waals surface area (Å²) in [6.45, 7) is 0. The van der Waals surface area contributed by atoms with Crippen molar-refractivity contribution in [2.24, 2.45) is 0 Å². The van der Waals surface area contributed by atoms with Crippen LogP contribution in [0.5, 0.6) is 11.5 Å². The zero-order valence-electron chi connectivity index (χ0n) is 9.71. The SMILES string of the molecule is O=[N+]([O-])c1cc(Cc2ccccc2F)cc(O)c1O. The lowest BCUT2D eigenvalue weighted by molar-refractivity contribution is -0.386. The molecule has 0 saturated heterocycles. The molecule has 2 rings (SSSR count). The molecule has 0 heterocycles. The largest absolute Gasteiger partial charge is 0.504 e. The van der Waals surface area contributed by atoms with Gasteiger partial charge in [-0.2, -0.15) is 0 Å². The molecule has 98 valence electrons. The molecule has 0 aliphatic heterocycles. The quantitative estimate of drug-likeness (QED) is 0.506. The maximum atomic E-state index is 13.5. The summed E-state index contributed by atoms with van der Waals surface area (Å²) >= 11 is 0. The van der Waals surface area contributed by atoms with Gasteiger partial charge in [0.1, 0.15) is 5.82 Å². The van der Waals surface area contributed by atoms with E-state index in [-0.39, 0.29) is 6.42 Å². The molecule has 0 aliphatic carbocycles. The van der Waals surface area contributed by atoms with E-state index in [4.69, 9.17) is 0 Å². The van der Waals surface area contributed by atoms with Crippen molar-refractivity contribution in [1.29, 1.82) is 0 Å². The third-order valence-corrected chi connectivity index (χ3v) is 2.68. The minimum atomic E-state index is -0.806. The normalized spacial score (nSPS) is 10.4. The van der Waals surface area contributed by atoms with Gasteiger partial charge in [0.05, 0.1) is 4.92 Å². The van der Waals surface area contributed by atoms with E-state index in [2.05, 4.69) is 0 Å². The molecule has 2 aromatic carbocycles. The van der Waals surface area contributed by atoms with Crippen LogP contribution in [-0.2, 0) is 6.42 Å². The van der Waals surface area contributed by atoms with Gasteiger partial charge in [-0.3, -0.25) is 10.1 Å². The van der Waals surface area contributed by atoms with Crippen LogP contribution in [0, 0.1) is 15.9 Å². The highest BCUT2D eigenvalue weighted by Crippen LogP contribution is 2.36. The summed E-state index contributed by atoms with van der Waals surface area (Å²) in [7, 11) is 0. The Hall–Kier alpha value is -2.63. The Labute approximate surface area is 107 Å². The first-order chi connectivity index (χ1) is 8.99. The lowest BCUT2D eigenvalue weighted by Crippen LogP contribution is -1.95. The average molecular weight is 263 g/mol. The molecule has 0 aromatic heterocycles. The van der Waals surface area contributed by atoms with Crippen LogP contribution in [0.1, 0.15) is 11.1 Å². The van der Waals surface area contributed by atoms with E-state index in [0.29, 0.717) is 11.1 Å². The fourth-order valence-corrected chi connectivity index (χ4v) is 1.76. The first-order valence-corrected chi connectivity index (χ1v) is 5.41. The van der Waals surface area contributed by atoms with Crippen LogP contribution in [-0.4, -0.2) is 15.1 Å². The van der Waals surface area contributed by atoms with Crippen molar-refractivity contribution in [3.8, 4) is 11.5 Å². The van der Waals surface area contributed by atoms with E-state index in [1.54, 1.807) is 12.1 Å². The number of aromatic hydroxyl groups is 2. The van der Waals surface area contributed by atoms with Crippen molar-refractivity contribution in [3.63, 3.8) is 0 Å². The van der Waals surface area contributed by atoms with Gasteiger partial charge in [-0.15, -0.1) is 0 Å². The summed E-state index contributed by atoms with van der Waals surface area (Å²) in [5.41, 5.74) is 0.0836. The Morgan fingerprint density at radius 3 is 2.53 bits per heavy atom. The first kappa shape index (κ1) is 12.8. The van der Waals surface area contributed by atoms with Crippen molar-refractivity contribution in [3.05, 3.63) is 63.5 Å². The number of halogens is 1. The molecule has 0 atom stereocenters. The van der Waals surface area contributed by atoms with Gasteiger partial charge >= 0.3 is 5.69 Å². The van der Waals surface area contributed by atoms with Gasteiger partial charge in [-0.1, -0.05) is 18.2 Å². The second-order valence-electron chi connectivity index (χ2n) is 4.01. The molecule has 0 aliphatic rings. The third-order valence-electron chi connectivity index (χ3n) is 2.68. The lowest BCUT2D eigenvalue weighted by atomic mass is 10.0. The van der Waals surface area contributed by atoms with Gasteiger partial charge < -0.3 is 10.2 Å². The molecule has 5 nitrogen and oxygen atoms in total. The number of phenolic OH excluding ortho intramolecular Hbond substituents is 2. The molecule has 6 heteroatoms. The number of hydrogen-bond donors (Lipinski definition) is 2. The molecule has 0 spiro atoms. The zero-order valence-corrected chi connectivity index (χ0v) is 9.71. The van der Waals surface area contributed by atoms with Crippen LogP contribution >= 0.6 is 0 Å².